The second-order valence-electron chi connectivity index (χ2n) is 16.6. The van der Waals surface area contributed by atoms with Gasteiger partial charge in [-0.15, -0.1) is 11.3 Å². The molecule has 5 aliphatic rings. The van der Waals surface area contributed by atoms with E-state index in [0.29, 0.717) is 5.92 Å². The number of fused-ring (bicyclic) bond motifs is 13. The first-order chi connectivity index (χ1) is 27.1. The monoisotopic (exact) mass is 728 g/mol. The average molecular weight is 729 g/mol. The maximum absolute atomic E-state index is 6.74. The molecule has 0 spiro atoms. The van der Waals surface area contributed by atoms with Crippen molar-refractivity contribution in [3.05, 3.63) is 133 Å². The normalized spacial score (nSPS) is 23.1. The largest absolute Gasteiger partial charge is 0.455 e. The van der Waals surface area contributed by atoms with Crippen LogP contribution in [0, 0.1) is 23.7 Å². The van der Waals surface area contributed by atoms with Crippen LogP contribution in [-0.4, -0.2) is 19.5 Å². The zero-order valence-corrected chi connectivity index (χ0v) is 31.2. The number of aromatic nitrogens is 4. The number of nitrogens with zero attached hydrogens (tertiary/aromatic N) is 4. The first-order valence-corrected chi connectivity index (χ1v) is 20.5. The molecule has 0 saturated heterocycles. The number of hydrogen-bond donors (Lipinski definition) is 0. The van der Waals surface area contributed by atoms with Crippen molar-refractivity contribution in [2.24, 2.45) is 23.7 Å². The molecule has 3 atom stereocenters. The number of furan rings is 1. The summed E-state index contributed by atoms with van der Waals surface area (Å²) in [5.74, 6) is 5.62. The third-order valence-electron chi connectivity index (χ3n) is 13.7. The summed E-state index contributed by atoms with van der Waals surface area (Å²) in [4.78, 5) is 15.8. The van der Waals surface area contributed by atoms with E-state index in [0.717, 1.165) is 68.6 Å². The SMILES string of the molecule is CC1(c2nc(-c3ccccc3)nc(-c3ccc(-n4c5ccccc5c5c6c7ccccc7oc6c6sc7ccccc7c6c54)cc3)n2)CC2CC3CC(C2)C31. The Labute approximate surface area is 321 Å². The molecule has 0 amide bonds. The number of para-hydroxylation sites is 2. The Morgan fingerprint density at radius 1 is 0.636 bits per heavy atom. The van der Waals surface area contributed by atoms with Gasteiger partial charge in [0.25, 0.3) is 0 Å². The van der Waals surface area contributed by atoms with Gasteiger partial charge in [-0.2, -0.15) is 0 Å². The van der Waals surface area contributed by atoms with E-state index in [1.54, 1.807) is 0 Å². The van der Waals surface area contributed by atoms with E-state index in [4.69, 9.17) is 19.4 Å². The van der Waals surface area contributed by atoms with Crippen LogP contribution in [-0.2, 0) is 5.41 Å². The van der Waals surface area contributed by atoms with Gasteiger partial charge in [0.2, 0.25) is 0 Å². The van der Waals surface area contributed by atoms with Crippen LogP contribution in [0.25, 0.3) is 92.4 Å². The van der Waals surface area contributed by atoms with Gasteiger partial charge in [0.1, 0.15) is 11.4 Å². The molecule has 0 aliphatic heterocycles. The van der Waals surface area contributed by atoms with Gasteiger partial charge in [0, 0.05) is 59.2 Å². The maximum Gasteiger partial charge on any atom is 0.163 e. The Bertz CT molecular complexity index is 3200. The maximum atomic E-state index is 6.74. The van der Waals surface area contributed by atoms with E-state index in [2.05, 4.69) is 139 Å². The van der Waals surface area contributed by atoms with Gasteiger partial charge in [-0.1, -0.05) is 91.9 Å². The van der Waals surface area contributed by atoms with Crippen LogP contribution in [0.2, 0.25) is 0 Å². The molecule has 0 radical (unpaired) electrons. The second kappa shape index (κ2) is 10.9. The highest BCUT2D eigenvalue weighted by Crippen LogP contribution is 2.67. The van der Waals surface area contributed by atoms with Crippen molar-refractivity contribution in [2.45, 2.75) is 38.0 Å². The smallest absolute Gasteiger partial charge is 0.163 e. The van der Waals surface area contributed by atoms with Gasteiger partial charge < -0.3 is 8.98 Å². The number of rotatable bonds is 4. The number of benzene rings is 6. The zero-order valence-electron chi connectivity index (χ0n) is 30.4. The minimum Gasteiger partial charge on any atom is -0.455 e. The summed E-state index contributed by atoms with van der Waals surface area (Å²) < 4.78 is 11.7. The third-order valence-corrected chi connectivity index (χ3v) is 14.8. The molecule has 6 aromatic carbocycles. The fourth-order valence-corrected chi connectivity index (χ4v) is 12.8. The molecular formula is C49H36N4OS. The molecule has 5 saturated carbocycles. The van der Waals surface area contributed by atoms with Crippen LogP contribution < -0.4 is 0 Å². The summed E-state index contributed by atoms with van der Waals surface area (Å²) in [7, 11) is 0. The van der Waals surface area contributed by atoms with Crippen LogP contribution in [0.4, 0.5) is 0 Å². The molecule has 5 fully saturated rings. The summed E-state index contributed by atoms with van der Waals surface area (Å²) in [6, 6.07) is 45.5. The van der Waals surface area contributed by atoms with Gasteiger partial charge in [-0.25, -0.2) is 15.0 Å². The van der Waals surface area contributed by atoms with Crippen LogP contribution in [0.5, 0.6) is 0 Å². The van der Waals surface area contributed by atoms with Gasteiger partial charge >= 0.3 is 0 Å². The Balaban J connectivity index is 1.04. The summed E-state index contributed by atoms with van der Waals surface area (Å²) in [5.41, 5.74) is 7.41. The summed E-state index contributed by atoms with van der Waals surface area (Å²) in [6.45, 7) is 2.45. The van der Waals surface area contributed by atoms with Crippen molar-refractivity contribution in [2.75, 3.05) is 0 Å². The Kier molecular flexibility index (Phi) is 6.03. The lowest BCUT2D eigenvalue weighted by molar-refractivity contribution is -0.125. The van der Waals surface area contributed by atoms with Crippen molar-refractivity contribution < 1.29 is 4.42 Å². The summed E-state index contributed by atoms with van der Waals surface area (Å²) in [6.07, 6.45) is 5.35. The molecule has 4 aromatic heterocycles. The Morgan fingerprint density at radius 2 is 1.31 bits per heavy atom. The molecule has 5 nitrogen and oxygen atoms in total. The lowest BCUT2D eigenvalue weighted by atomic mass is 9.40. The Morgan fingerprint density at radius 3 is 2.09 bits per heavy atom. The number of thiophene rings is 1. The van der Waals surface area contributed by atoms with Gasteiger partial charge in [0.15, 0.2) is 17.2 Å². The van der Waals surface area contributed by atoms with E-state index >= 15 is 0 Å². The van der Waals surface area contributed by atoms with Crippen molar-refractivity contribution in [1.82, 2.24) is 19.5 Å². The fraction of sp³-hybridized carbons (Fsp3) is 0.204. The third kappa shape index (κ3) is 4.10. The van der Waals surface area contributed by atoms with Gasteiger partial charge in [-0.3, -0.25) is 0 Å². The molecule has 15 rings (SSSR count). The number of hydrogen-bond acceptors (Lipinski definition) is 5. The molecule has 4 heterocycles. The highest BCUT2D eigenvalue weighted by atomic mass is 32.1. The predicted octanol–water partition coefficient (Wildman–Crippen LogP) is 12.9. The predicted molar refractivity (Wildman–Crippen MR) is 225 cm³/mol. The molecule has 264 valence electrons. The lowest BCUT2D eigenvalue weighted by Crippen LogP contribution is -2.60. The minimum atomic E-state index is -0.0177. The zero-order chi connectivity index (χ0) is 36.0. The minimum absolute atomic E-state index is 0.0177. The fourth-order valence-electron chi connectivity index (χ4n) is 11.6. The second-order valence-corrected chi connectivity index (χ2v) is 17.7. The van der Waals surface area contributed by atoms with Crippen molar-refractivity contribution in [3.63, 3.8) is 0 Å². The molecule has 55 heavy (non-hydrogen) atoms. The summed E-state index contributed by atoms with van der Waals surface area (Å²) >= 11 is 1.82. The highest BCUT2D eigenvalue weighted by Gasteiger charge is 2.61. The van der Waals surface area contributed by atoms with E-state index < -0.39 is 0 Å². The standard InChI is InChI=1S/C49H36N4OS/c1-49(26-27-23-30-25-31(24-27)42(30)49)48-51-46(28-11-3-2-4-12-28)50-47(52-48)29-19-21-32(22-20-29)53-36-16-8-5-13-33(36)39-40-34-14-6-9-17-37(34)54-44(40)45-41(43(39)53)35-15-7-10-18-38(35)55-45/h2-22,27,30-31,42H,23-26H2,1H3. The molecule has 10 aromatic rings. The van der Waals surface area contributed by atoms with Crippen molar-refractivity contribution in [3.8, 4) is 28.5 Å². The van der Waals surface area contributed by atoms with Gasteiger partial charge in [0.05, 0.1) is 15.7 Å². The molecule has 3 unspecified atom stereocenters. The van der Waals surface area contributed by atoms with E-state index in [-0.39, 0.29) is 5.41 Å². The highest BCUT2D eigenvalue weighted by molar-refractivity contribution is 7.26. The first kappa shape index (κ1) is 30.5. The quantitative estimate of drug-likeness (QED) is 0.181. The van der Waals surface area contributed by atoms with E-state index in [1.807, 2.05) is 11.3 Å². The topological polar surface area (TPSA) is 56.7 Å². The van der Waals surface area contributed by atoms with Crippen LogP contribution in [0.15, 0.2) is 132 Å². The van der Waals surface area contributed by atoms with E-state index in [9.17, 15) is 0 Å². The van der Waals surface area contributed by atoms with Crippen molar-refractivity contribution >= 4 is 75.3 Å². The Hall–Kier alpha value is -5.85. The van der Waals surface area contributed by atoms with Gasteiger partial charge in [-0.05, 0) is 91.8 Å². The van der Waals surface area contributed by atoms with Crippen LogP contribution in [0.1, 0.15) is 38.4 Å². The van der Waals surface area contributed by atoms with Crippen molar-refractivity contribution in [1.29, 1.82) is 0 Å². The lowest BCUT2D eigenvalue weighted by Gasteiger charge is -2.64. The van der Waals surface area contributed by atoms with Crippen LogP contribution in [0.3, 0.4) is 0 Å². The van der Waals surface area contributed by atoms with E-state index in [1.165, 1.54) is 73.0 Å². The first-order valence-electron chi connectivity index (χ1n) is 19.7. The average Bonchev–Trinajstić information content (AvgIpc) is 3.91. The summed E-state index contributed by atoms with van der Waals surface area (Å²) in [5, 5.41) is 7.28. The molecule has 0 N–H and O–H groups in total. The molecular weight excluding hydrogens is 693 g/mol. The molecule has 5 aliphatic carbocycles. The van der Waals surface area contributed by atoms with Crippen LogP contribution >= 0.6 is 11.3 Å². The molecule has 4 bridgehead atoms. The molecule has 6 heteroatoms.